The largest absolute Gasteiger partial charge is 0.573 e. The minimum atomic E-state index is -4.89. The maximum absolute atomic E-state index is 12.5. The molecule has 11 heteroatoms. The first-order valence-electron chi connectivity index (χ1n) is 7.47. The standard InChI is InChI=1S/C15H14F3N3O5/c1-20-13(23)10-11(21(6-9(19)22)26-12(10)14(20)24)7-3-2-4-8(5-7)25-15(16,17)18/h2-5,10-12H,6H2,1H3,(H2,19,22). The zero-order valence-electron chi connectivity index (χ0n) is 13.4. The zero-order valence-corrected chi connectivity index (χ0v) is 13.4. The fourth-order valence-electron chi connectivity index (χ4n) is 3.17. The van der Waals surface area contributed by atoms with E-state index in [1.165, 1.54) is 19.2 Å². The minimum Gasteiger partial charge on any atom is -0.406 e. The summed E-state index contributed by atoms with van der Waals surface area (Å²) in [6.45, 7) is -0.438. The van der Waals surface area contributed by atoms with Crippen LogP contribution in [0.15, 0.2) is 24.3 Å². The molecule has 3 amide bonds. The summed E-state index contributed by atoms with van der Waals surface area (Å²) in [6.07, 6.45) is -6.05. The predicted molar refractivity (Wildman–Crippen MR) is 77.9 cm³/mol. The average Bonchev–Trinajstić information content (AvgIpc) is 2.97. The molecule has 2 aliphatic heterocycles. The van der Waals surface area contributed by atoms with Crippen molar-refractivity contribution in [2.75, 3.05) is 13.6 Å². The van der Waals surface area contributed by atoms with E-state index in [1.807, 2.05) is 0 Å². The van der Waals surface area contributed by atoms with E-state index < -0.39 is 54.4 Å². The predicted octanol–water partition coefficient (Wildman–Crippen LogP) is 0.342. The van der Waals surface area contributed by atoms with Crippen molar-refractivity contribution in [2.24, 2.45) is 11.7 Å². The normalized spacial score (nSPS) is 26.3. The number of nitrogens with two attached hydrogens (primary N) is 1. The molecule has 1 aromatic rings. The number of carbonyl (C=O) groups is 3. The maximum Gasteiger partial charge on any atom is 0.573 e. The number of benzene rings is 1. The van der Waals surface area contributed by atoms with Crippen molar-refractivity contribution in [3.05, 3.63) is 29.8 Å². The van der Waals surface area contributed by atoms with Crippen molar-refractivity contribution in [3.8, 4) is 5.75 Å². The van der Waals surface area contributed by atoms with Crippen molar-refractivity contribution < 1.29 is 37.1 Å². The maximum atomic E-state index is 12.5. The SMILES string of the molecule is CN1C(=O)C2ON(CC(N)=O)C(c3cccc(OC(F)(F)F)c3)C2C1=O. The zero-order chi connectivity index (χ0) is 19.2. The molecule has 0 aliphatic carbocycles. The lowest BCUT2D eigenvalue weighted by Crippen LogP contribution is -2.38. The lowest BCUT2D eigenvalue weighted by molar-refractivity contribution is -0.274. The van der Waals surface area contributed by atoms with Gasteiger partial charge in [-0.2, -0.15) is 5.06 Å². The Morgan fingerprint density at radius 3 is 2.62 bits per heavy atom. The van der Waals surface area contributed by atoms with Crippen molar-refractivity contribution in [2.45, 2.75) is 18.5 Å². The number of nitrogens with zero attached hydrogens (tertiary/aromatic N) is 2. The van der Waals surface area contributed by atoms with Crippen LogP contribution in [0.3, 0.4) is 0 Å². The molecule has 8 nitrogen and oxygen atoms in total. The number of hydrogen-bond donors (Lipinski definition) is 1. The van der Waals surface area contributed by atoms with Crippen LogP contribution in [0.25, 0.3) is 0 Å². The van der Waals surface area contributed by atoms with Gasteiger partial charge in [0.05, 0.1) is 12.0 Å². The fourth-order valence-corrected chi connectivity index (χ4v) is 3.17. The smallest absolute Gasteiger partial charge is 0.406 e. The van der Waals surface area contributed by atoms with Crippen LogP contribution in [0, 0.1) is 5.92 Å². The first kappa shape index (κ1) is 18.1. The summed E-state index contributed by atoms with van der Waals surface area (Å²) in [5.74, 6) is -3.44. The van der Waals surface area contributed by atoms with Crippen LogP contribution in [-0.4, -0.2) is 53.7 Å². The van der Waals surface area contributed by atoms with Crippen LogP contribution >= 0.6 is 0 Å². The molecule has 0 spiro atoms. The number of likely N-dealkylation sites (tertiary alicyclic amines) is 1. The second-order valence-corrected chi connectivity index (χ2v) is 5.89. The second kappa shape index (κ2) is 6.25. The van der Waals surface area contributed by atoms with Gasteiger partial charge in [0.25, 0.3) is 5.91 Å². The molecule has 0 bridgehead atoms. The third kappa shape index (κ3) is 3.22. The highest BCUT2D eigenvalue weighted by molar-refractivity contribution is 6.07. The molecule has 0 radical (unpaired) electrons. The van der Waals surface area contributed by atoms with Gasteiger partial charge in [-0.05, 0) is 17.7 Å². The number of rotatable bonds is 4. The summed E-state index contributed by atoms with van der Waals surface area (Å²) in [7, 11) is 1.28. The van der Waals surface area contributed by atoms with Gasteiger partial charge >= 0.3 is 6.36 Å². The van der Waals surface area contributed by atoms with E-state index >= 15 is 0 Å². The van der Waals surface area contributed by atoms with Gasteiger partial charge in [0.1, 0.15) is 12.3 Å². The van der Waals surface area contributed by atoms with Gasteiger partial charge in [-0.3, -0.25) is 24.1 Å². The van der Waals surface area contributed by atoms with Crippen molar-refractivity contribution in [1.29, 1.82) is 0 Å². The van der Waals surface area contributed by atoms with Crippen LogP contribution in [0.2, 0.25) is 0 Å². The van der Waals surface area contributed by atoms with Crippen molar-refractivity contribution >= 4 is 17.7 Å². The molecule has 3 unspecified atom stereocenters. The van der Waals surface area contributed by atoms with Gasteiger partial charge in [0, 0.05) is 7.05 Å². The second-order valence-electron chi connectivity index (χ2n) is 5.89. The molecular weight excluding hydrogens is 359 g/mol. The molecule has 140 valence electrons. The summed E-state index contributed by atoms with van der Waals surface area (Å²) in [5.41, 5.74) is 5.38. The Morgan fingerprint density at radius 1 is 1.31 bits per heavy atom. The van der Waals surface area contributed by atoms with Crippen LogP contribution < -0.4 is 10.5 Å². The molecule has 3 rings (SSSR count). The lowest BCUT2D eigenvalue weighted by atomic mass is 9.90. The Bertz CT molecular complexity index is 769. The topological polar surface area (TPSA) is 102 Å². The summed E-state index contributed by atoms with van der Waals surface area (Å²) < 4.78 is 41.2. The Kier molecular flexibility index (Phi) is 4.36. The quantitative estimate of drug-likeness (QED) is 0.764. The number of primary amides is 1. The summed E-state index contributed by atoms with van der Waals surface area (Å²) >= 11 is 0. The number of imide groups is 1. The van der Waals surface area contributed by atoms with Crippen LogP contribution in [-0.2, 0) is 19.2 Å². The first-order valence-corrected chi connectivity index (χ1v) is 7.47. The van der Waals surface area contributed by atoms with Crippen molar-refractivity contribution in [1.82, 2.24) is 9.96 Å². The van der Waals surface area contributed by atoms with E-state index in [4.69, 9.17) is 10.6 Å². The molecule has 2 aliphatic rings. The number of likely N-dealkylation sites (N-methyl/N-ethyl adjacent to an activating group) is 1. The number of halogens is 3. The lowest BCUT2D eigenvalue weighted by Gasteiger charge is -2.25. The Hall–Kier alpha value is -2.66. The first-order chi connectivity index (χ1) is 12.1. The highest BCUT2D eigenvalue weighted by atomic mass is 19.4. The molecule has 2 heterocycles. The van der Waals surface area contributed by atoms with E-state index in [0.717, 1.165) is 22.1 Å². The fraction of sp³-hybridized carbons (Fsp3) is 0.400. The van der Waals surface area contributed by atoms with E-state index in [0.29, 0.717) is 0 Å². The molecule has 0 aromatic heterocycles. The highest BCUT2D eigenvalue weighted by Gasteiger charge is 2.58. The summed E-state index contributed by atoms with van der Waals surface area (Å²) in [4.78, 5) is 42.1. The number of hydroxylamine groups is 2. The molecule has 26 heavy (non-hydrogen) atoms. The third-order valence-electron chi connectivity index (χ3n) is 4.16. The molecular formula is C15H14F3N3O5. The monoisotopic (exact) mass is 373 g/mol. The van der Waals surface area contributed by atoms with E-state index in [-0.39, 0.29) is 5.56 Å². The van der Waals surface area contributed by atoms with Gasteiger partial charge in [-0.25, -0.2) is 0 Å². The third-order valence-corrected chi connectivity index (χ3v) is 4.16. The van der Waals surface area contributed by atoms with Gasteiger partial charge in [-0.15, -0.1) is 13.2 Å². The number of hydrogen-bond acceptors (Lipinski definition) is 6. The van der Waals surface area contributed by atoms with Gasteiger partial charge < -0.3 is 10.5 Å². The number of fused-ring (bicyclic) bond motifs is 1. The number of ether oxygens (including phenoxy) is 1. The Balaban J connectivity index is 1.99. The molecule has 0 saturated carbocycles. The number of alkyl halides is 3. The van der Waals surface area contributed by atoms with Crippen LogP contribution in [0.5, 0.6) is 5.75 Å². The summed E-state index contributed by atoms with van der Waals surface area (Å²) in [5, 5.41) is 1.05. The number of amides is 3. The number of carbonyl (C=O) groups excluding carboxylic acids is 3. The van der Waals surface area contributed by atoms with E-state index in [9.17, 15) is 27.6 Å². The minimum absolute atomic E-state index is 0.219. The Labute approximate surface area is 145 Å². The van der Waals surface area contributed by atoms with Gasteiger partial charge in [-0.1, -0.05) is 12.1 Å². The molecule has 3 atom stereocenters. The van der Waals surface area contributed by atoms with Crippen molar-refractivity contribution in [3.63, 3.8) is 0 Å². The van der Waals surface area contributed by atoms with E-state index in [2.05, 4.69) is 4.74 Å². The van der Waals surface area contributed by atoms with Crippen LogP contribution in [0.4, 0.5) is 13.2 Å². The highest BCUT2D eigenvalue weighted by Crippen LogP contribution is 2.44. The summed E-state index contributed by atoms with van der Waals surface area (Å²) in [6, 6.07) is 3.95. The van der Waals surface area contributed by atoms with Gasteiger partial charge in [0.2, 0.25) is 11.8 Å². The van der Waals surface area contributed by atoms with E-state index in [1.54, 1.807) is 0 Å². The molecule has 2 N–H and O–H groups in total. The Morgan fingerprint density at radius 2 is 2.00 bits per heavy atom. The molecule has 2 fully saturated rings. The average molecular weight is 373 g/mol. The molecule has 2 saturated heterocycles. The molecule has 1 aromatic carbocycles. The van der Waals surface area contributed by atoms with Gasteiger partial charge in [0.15, 0.2) is 6.10 Å². The van der Waals surface area contributed by atoms with Crippen LogP contribution in [0.1, 0.15) is 11.6 Å².